The van der Waals surface area contributed by atoms with Crippen LogP contribution >= 0.6 is 7.75 Å². The highest BCUT2D eigenvalue weighted by Gasteiger charge is 2.30. The maximum Gasteiger partial charge on any atom is 0.508 e. The molecule has 0 saturated carbocycles. The van der Waals surface area contributed by atoms with Crippen LogP contribution in [0.15, 0.2) is 0 Å². The smallest absolute Gasteiger partial charge is 0.480 e. The van der Waals surface area contributed by atoms with Crippen LogP contribution in [-0.2, 0) is 37.4 Å². The van der Waals surface area contributed by atoms with Crippen molar-refractivity contribution in [2.24, 2.45) is 0 Å². The zero-order valence-electron chi connectivity index (χ0n) is 27.1. The fourth-order valence-electron chi connectivity index (χ4n) is 3.63. The third kappa shape index (κ3) is 22.9. The minimum Gasteiger partial charge on any atom is -0.480 e. The molecule has 14 nitrogen and oxygen atoms in total. The maximum absolute atomic E-state index is 13.3. The van der Waals surface area contributed by atoms with Gasteiger partial charge in [0.1, 0.15) is 6.04 Å². The van der Waals surface area contributed by atoms with E-state index < -0.39 is 38.0 Å². The molecular formula is C29H56N3O11P. The van der Waals surface area contributed by atoms with E-state index in [9.17, 15) is 24.1 Å². The Bertz CT molecular complexity index is 803. The number of carbonyl (C=O) groups is 3. The van der Waals surface area contributed by atoms with Crippen molar-refractivity contribution in [3.63, 3.8) is 0 Å². The van der Waals surface area contributed by atoms with E-state index in [-0.39, 0.29) is 52.5 Å². The third-order valence-corrected chi connectivity index (χ3v) is 8.04. The van der Waals surface area contributed by atoms with Crippen molar-refractivity contribution < 1.29 is 52.1 Å². The first-order valence-electron chi connectivity index (χ1n) is 15.9. The van der Waals surface area contributed by atoms with E-state index in [1.807, 2.05) is 0 Å². The van der Waals surface area contributed by atoms with E-state index in [1.165, 1.54) is 52.5 Å². The highest BCUT2D eigenvalue weighted by Crippen LogP contribution is 2.44. The van der Waals surface area contributed by atoms with Gasteiger partial charge in [0.2, 0.25) is 5.96 Å². The van der Waals surface area contributed by atoms with Crippen LogP contribution in [0.4, 0.5) is 9.59 Å². The lowest BCUT2D eigenvalue weighted by atomic mass is 10.1. The van der Waals surface area contributed by atoms with Crippen LogP contribution in [-0.4, -0.2) is 87.0 Å². The van der Waals surface area contributed by atoms with Crippen molar-refractivity contribution in [3.8, 4) is 0 Å². The lowest BCUT2D eigenvalue weighted by molar-refractivity contribution is -0.140. The Morgan fingerprint density at radius 3 is 1.43 bits per heavy atom. The van der Waals surface area contributed by atoms with E-state index in [0.717, 1.165) is 43.4 Å². The van der Waals surface area contributed by atoms with Crippen LogP contribution < -0.4 is 5.09 Å². The Morgan fingerprint density at radius 2 is 1.05 bits per heavy atom. The number of nitrogens with zero attached hydrogens (tertiary/aromatic N) is 1. The van der Waals surface area contributed by atoms with Crippen molar-refractivity contribution in [1.82, 2.24) is 9.99 Å². The first-order chi connectivity index (χ1) is 21.1. The highest BCUT2D eigenvalue weighted by molar-refractivity contribution is 7.52. The third-order valence-electron chi connectivity index (χ3n) is 6.51. The minimum absolute atomic E-state index is 0.0581. The van der Waals surface area contributed by atoms with E-state index >= 15 is 0 Å². The molecule has 44 heavy (non-hydrogen) atoms. The van der Waals surface area contributed by atoms with Crippen molar-refractivity contribution in [2.75, 3.05) is 46.7 Å². The van der Waals surface area contributed by atoms with Gasteiger partial charge in [-0.2, -0.15) is 0 Å². The molecule has 1 unspecified atom stereocenters. The van der Waals surface area contributed by atoms with Crippen LogP contribution in [0.1, 0.15) is 111 Å². The number of ether oxygens (including phenoxy) is 4. The number of carboxylic acid groups (broad SMARTS) is 1. The summed E-state index contributed by atoms with van der Waals surface area (Å²) in [6, 6.07) is -1.09. The van der Waals surface area contributed by atoms with Gasteiger partial charge in [-0.25, -0.2) is 18.9 Å². The average molecular weight is 654 g/mol. The summed E-state index contributed by atoms with van der Waals surface area (Å²) in [4.78, 5) is 35.8. The van der Waals surface area contributed by atoms with Crippen molar-refractivity contribution >= 4 is 32.0 Å². The molecule has 0 saturated heterocycles. The fourth-order valence-corrected chi connectivity index (χ4v) is 4.99. The average Bonchev–Trinajstić information content (AvgIpc) is 2.98. The molecule has 0 aliphatic heterocycles. The molecular weight excluding hydrogens is 597 g/mol. The molecule has 258 valence electrons. The summed E-state index contributed by atoms with van der Waals surface area (Å²) in [5, 5.41) is 19.7. The number of hydrogen-bond donors (Lipinski definition) is 3. The van der Waals surface area contributed by atoms with E-state index in [1.54, 1.807) is 0 Å². The quantitative estimate of drug-likeness (QED) is 0.0275. The maximum atomic E-state index is 13.3. The monoisotopic (exact) mass is 653 g/mol. The molecule has 0 fully saturated rings. The van der Waals surface area contributed by atoms with E-state index in [4.69, 9.17) is 33.4 Å². The molecule has 0 aliphatic rings. The second kappa shape index (κ2) is 26.8. The molecule has 0 aromatic rings. The van der Waals surface area contributed by atoms with Crippen LogP contribution in [0.2, 0.25) is 0 Å². The van der Waals surface area contributed by atoms with E-state index in [0.29, 0.717) is 0 Å². The Labute approximate surface area is 262 Å². The molecule has 0 heterocycles. The van der Waals surface area contributed by atoms with Crippen molar-refractivity contribution in [2.45, 2.75) is 117 Å². The fraction of sp³-hybridized carbons (Fsp3) is 0.862. The second-order valence-electron chi connectivity index (χ2n) is 10.4. The number of likely N-dealkylation sites (N-methyl/N-ethyl adjacent to an activating group) is 1. The number of unbranched alkanes of at least 4 members (excludes halogenated alkanes) is 10. The molecule has 0 amide bonds. The number of carboxylic acids is 1. The van der Waals surface area contributed by atoms with E-state index in [2.05, 4.69) is 18.9 Å². The summed E-state index contributed by atoms with van der Waals surface area (Å²) in [6.45, 7) is 5.76. The molecule has 0 aromatic carbocycles. The van der Waals surface area contributed by atoms with Crippen molar-refractivity contribution in [1.29, 1.82) is 5.41 Å². The summed E-state index contributed by atoms with van der Waals surface area (Å²) < 4.78 is 44.2. The number of nitrogens with one attached hydrogen (secondary N) is 2. The van der Waals surface area contributed by atoms with Gasteiger partial charge in [-0.3, -0.25) is 19.5 Å². The van der Waals surface area contributed by atoms with Gasteiger partial charge in [-0.05, 0) is 19.8 Å². The number of rotatable bonds is 27. The molecule has 0 aliphatic carbocycles. The summed E-state index contributed by atoms with van der Waals surface area (Å²) in [5.74, 6) is -1.68. The predicted octanol–water partition coefficient (Wildman–Crippen LogP) is 6.86. The largest absolute Gasteiger partial charge is 0.508 e. The second-order valence-corrected chi connectivity index (χ2v) is 12.1. The molecule has 1 atom stereocenters. The number of hydrogen-bond acceptors (Lipinski definition) is 11. The summed E-state index contributed by atoms with van der Waals surface area (Å²) in [5.41, 5.74) is 0. The molecule has 15 heteroatoms. The first-order valence-corrected chi connectivity index (χ1v) is 17.4. The van der Waals surface area contributed by atoms with Crippen LogP contribution in [0.5, 0.6) is 0 Å². The zero-order chi connectivity index (χ0) is 33.1. The highest BCUT2D eigenvalue weighted by atomic mass is 31.2. The van der Waals surface area contributed by atoms with Gasteiger partial charge in [0.05, 0.1) is 39.6 Å². The Kier molecular flexibility index (Phi) is 25.2. The normalized spacial score (nSPS) is 11.8. The van der Waals surface area contributed by atoms with Gasteiger partial charge in [-0.1, -0.05) is 78.1 Å². The molecule has 0 radical (unpaired) electrons. The molecule has 3 N–H and O–H groups in total. The molecule has 0 rings (SSSR count). The van der Waals surface area contributed by atoms with Crippen LogP contribution in [0, 0.1) is 5.41 Å². The number of carbonyl (C=O) groups excluding carboxylic acids is 2. The summed E-state index contributed by atoms with van der Waals surface area (Å²) in [7, 11) is -2.81. The standard InChI is InChI=1S/C29H56N3O11P/c1-5-7-9-11-13-15-19-38-28(35)40-21-17-23-42-44(37,31-27(30)32(4)25(3)26(33)34)43-24-18-22-41-29(36)39-20-16-14-12-10-8-6-2/h25H,5-24H2,1-4H3,(H,33,34)(H2,30,31,37). The van der Waals surface area contributed by atoms with Crippen LogP contribution in [0.3, 0.4) is 0 Å². The van der Waals surface area contributed by atoms with Gasteiger partial charge in [0, 0.05) is 19.9 Å². The summed E-state index contributed by atoms with van der Waals surface area (Å²) >= 11 is 0. The molecule has 0 aromatic heterocycles. The van der Waals surface area contributed by atoms with Crippen molar-refractivity contribution in [3.05, 3.63) is 0 Å². The number of guanidine groups is 1. The Morgan fingerprint density at radius 1 is 0.682 bits per heavy atom. The lowest BCUT2D eigenvalue weighted by Gasteiger charge is -2.27. The molecule has 0 bridgehead atoms. The Hall–Kier alpha value is -2.57. The van der Waals surface area contributed by atoms with Gasteiger partial charge < -0.3 is 29.0 Å². The Balaban J connectivity index is 4.52. The van der Waals surface area contributed by atoms with Gasteiger partial charge in [-0.15, -0.1) is 0 Å². The number of aliphatic carboxylic acids is 1. The first kappa shape index (κ1) is 41.4. The molecule has 0 spiro atoms. The van der Waals surface area contributed by atoms with Gasteiger partial charge in [0.25, 0.3) is 0 Å². The topological polar surface area (TPSA) is 183 Å². The SMILES string of the molecule is CCCCCCCCOC(=O)OCCCOP(=O)(NC(=N)N(C)C(C)C(=O)O)OCCCOC(=O)OCCCCCCCC. The van der Waals surface area contributed by atoms with Gasteiger partial charge in [0.15, 0.2) is 0 Å². The van der Waals surface area contributed by atoms with Gasteiger partial charge >= 0.3 is 26.0 Å². The summed E-state index contributed by atoms with van der Waals surface area (Å²) in [6.07, 6.45) is 11.5. The predicted molar refractivity (Wildman–Crippen MR) is 166 cm³/mol. The lowest BCUT2D eigenvalue weighted by Crippen LogP contribution is -2.45. The van der Waals surface area contributed by atoms with Crippen LogP contribution in [0.25, 0.3) is 0 Å². The zero-order valence-corrected chi connectivity index (χ0v) is 28.0. The minimum atomic E-state index is -4.15.